The molecular formula is C10H15NO2S. The zero-order valence-electron chi connectivity index (χ0n) is 8.69. The summed E-state index contributed by atoms with van der Waals surface area (Å²) in [7, 11) is 3.33. The van der Waals surface area contributed by atoms with Crippen molar-refractivity contribution in [2.45, 2.75) is 19.5 Å². The van der Waals surface area contributed by atoms with E-state index in [2.05, 4.69) is 10.8 Å². The lowest BCUT2D eigenvalue weighted by molar-refractivity contribution is -0.145. The summed E-state index contributed by atoms with van der Waals surface area (Å²) < 4.78 is 4.68. The Morgan fingerprint density at radius 1 is 1.71 bits per heavy atom. The number of thiophene rings is 1. The van der Waals surface area contributed by atoms with Crippen LogP contribution in [0.25, 0.3) is 0 Å². The summed E-state index contributed by atoms with van der Waals surface area (Å²) in [6.07, 6.45) is 0. The normalized spacial score (nSPS) is 12.9. The van der Waals surface area contributed by atoms with Crippen LogP contribution in [0.15, 0.2) is 17.5 Å². The van der Waals surface area contributed by atoms with E-state index in [9.17, 15) is 4.79 Å². The molecule has 0 aliphatic carbocycles. The van der Waals surface area contributed by atoms with Crippen molar-refractivity contribution in [2.75, 3.05) is 14.2 Å². The first-order valence-electron chi connectivity index (χ1n) is 4.45. The van der Waals surface area contributed by atoms with Crippen LogP contribution in [-0.2, 0) is 16.1 Å². The largest absolute Gasteiger partial charge is 0.468 e. The van der Waals surface area contributed by atoms with E-state index in [1.165, 1.54) is 12.0 Å². The third-order valence-corrected chi connectivity index (χ3v) is 3.05. The lowest BCUT2D eigenvalue weighted by Gasteiger charge is -2.21. The molecular weight excluding hydrogens is 198 g/mol. The topological polar surface area (TPSA) is 29.5 Å². The highest BCUT2D eigenvalue weighted by atomic mass is 32.1. The average Bonchev–Trinajstić information content (AvgIpc) is 2.68. The predicted molar refractivity (Wildman–Crippen MR) is 57.3 cm³/mol. The van der Waals surface area contributed by atoms with Crippen LogP contribution >= 0.6 is 11.3 Å². The first kappa shape index (κ1) is 11.2. The summed E-state index contributed by atoms with van der Waals surface area (Å²) >= 11 is 1.69. The van der Waals surface area contributed by atoms with Crippen LogP contribution in [0.1, 0.15) is 11.8 Å². The summed E-state index contributed by atoms with van der Waals surface area (Å²) in [5.41, 5.74) is 0. The molecule has 1 aromatic heterocycles. The van der Waals surface area contributed by atoms with Gasteiger partial charge in [-0.25, -0.2) is 0 Å². The molecule has 0 radical (unpaired) electrons. The third kappa shape index (κ3) is 2.82. The van der Waals surface area contributed by atoms with E-state index < -0.39 is 0 Å². The van der Waals surface area contributed by atoms with E-state index >= 15 is 0 Å². The molecule has 1 rings (SSSR count). The maximum absolute atomic E-state index is 11.2. The first-order chi connectivity index (χ1) is 6.65. The van der Waals surface area contributed by atoms with Crippen molar-refractivity contribution < 1.29 is 9.53 Å². The Bertz CT molecular complexity index is 284. The molecule has 0 fully saturated rings. The predicted octanol–water partition coefficient (Wildman–Crippen LogP) is 1.74. The molecule has 0 N–H and O–H groups in total. The summed E-state index contributed by atoms with van der Waals surface area (Å²) in [6.45, 7) is 2.63. The molecule has 0 spiro atoms. The molecule has 0 saturated carbocycles. The van der Waals surface area contributed by atoms with Crippen molar-refractivity contribution in [1.82, 2.24) is 4.90 Å². The van der Waals surface area contributed by atoms with Crippen LogP contribution in [0.3, 0.4) is 0 Å². The second-order valence-corrected chi connectivity index (χ2v) is 4.23. The minimum atomic E-state index is -0.193. The molecule has 0 amide bonds. The lowest BCUT2D eigenvalue weighted by atomic mass is 10.3. The van der Waals surface area contributed by atoms with Gasteiger partial charge in [-0.3, -0.25) is 9.69 Å². The highest BCUT2D eigenvalue weighted by molar-refractivity contribution is 7.09. The maximum Gasteiger partial charge on any atom is 0.322 e. The number of methoxy groups -OCH3 is 1. The Hall–Kier alpha value is -0.870. The van der Waals surface area contributed by atoms with Gasteiger partial charge in [-0.05, 0) is 25.4 Å². The van der Waals surface area contributed by atoms with Gasteiger partial charge >= 0.3 is 5.97 Å². The van der Waals surface area contributed by atoms with E-state index in [0.717, 1.165) is 6.54 Å². The number of likely N-dealkylation sites (N-methyl/N-ethyl adjacent to an activating group) is 1. The van der Waals surface area contributed by atoms with Gasteiger partial charge in [0.2, 0.25) is 0 Å². The van der Waals surface area contributed by atoms with Gasteiger partial charge in [0.25, 0.3) is 0 Å². The third-order valence-electron chi connectivity index (χ3n) is 2.19. The maximum atomic E-state index is 11.2. The molecule has 3 nitrogen and oxygen atoms in total. The lowest BCUT2D eigenvalue weighted by Crippen LogP contribution is -2.36. The molecule has 4 heteroatoms. The standard InChI is InChI=1S/C10H15NO2S/c1-8(10(12)13-3)11(2)7-9-5-4-6-14-9/h4-6,8H,7H2,1-3H3. The molecule has 0 aromatic carbocycles. The fourth-order valence-corrected chi connectivity index (χ4v) is 1.90. The Morgan fingerprint density at radius 2 is 2.43 bits per heavy atom. The number of esters is 1. The van der Waals surface area contributed by atoms with Crippen molar-refractivity contribution in [2.24, 2.45) is 0 Å². The van der Waals surface area contributed by atoms with Crippen molar-refractivity contribution in [1.29, 1.82) is 0 Å². The smallest absolute Gasteiger partial charge is 0.322 e. The van der Waals surface area contributed by atoms with Gasteiger partial charge in [0.1, 0.15) is 6.04 Å². The number of nitrogens with zero attached hydrogens (tertiary/aromatic N) is 1. The molecule has 0 aliphatic heterocycles. The zero-order valence-corrected chi connectivity index (χ0v) is 9.50. The monoisotopic (exact) mass is 213 g/mol. The zero-order chi connectivity index (χ0) is 10.6. The molecule has 0 aliphatic rings. The summed E-state index contributed by atoms with van der Waals surface area (Å²) in [4.78, 5) is 14.4. The Balaban J connectivity index is 2.49. The number of rotatable bonds is 4. The van der Waals surface area contributed by atoms with Crippen LogP contribution in [-0.4, -0.2) is 31.1 Å². The fourth-order valence-electron chi connectivity index (χ4n) is 1.14. The minimum Gasteiger partial charge on any atom is -0.468 e. The van der Waals surface area contributed by atoms with Gasteiger partial charge in [0, 0.05) is 11.4 Å². The Kier molecular flexibility index (Phi) is 4.10. The molecule has 1 atom stereocenters. The van der Waals surface area contributed by atoms with E-state index in [-0.39, 0.29) is 12.0 Å². The summed E-state index contributed by atoms with van der Waals surface area (Å²) in [5, 5.41) is 2.03. The van der Waals surface area contributed by atoms with E-state index in [1.807, 2.05) is 30.3 Å². The molecule has 0 bridgehead atoms. The highest BCUT2D eigenvalue weighted by Crippen LogP contribution is 2.12. The first-order valence-corrected chi connectivity index (χ1v) is 5.33. The van der Waals surface area contributed by atoms with Crippen molar-refractivity contribution in [3.8, 4) is 0 Å². The van der Waals surface area contributed by atoms with Gasteiger partial charge in [0.15, 0.2) is 0 Å². The molecule has 0 saturated heterocycles. The van der Waals surface area contributed by atoms with Gasteiger partial charge in [-0.2, -0.15) is 0 Å². The molecule has 1 unspecified atom stereocenters. The minimum absolute atomic E-state index is 0.191. The van der Waals surface area contributed by atoms with Crippen LogP contribution in [0.4, 0.5) is 0 Å². The number of ether oxygens (including phenoxy) is 1. The van der Waals surface area contributed by atoms with Gasteiger partial charge in [-0.1, -0.05) is 6.07 Å². The number of carbonyl (C=O) groups excluding carboxylic acids is 1. The molecule has 14 heavy (non-hydrogen) atoms. The number of carbonyl (C=O) groups is 1. The van der Waals surface area contributed by atoms with Crippen LogP contribution in [0.2, 0.25) is 0 Å². The molecule has 1 heterocycles. The van der Waals surface area contributed by atoms with Crippen LogP contribution in [0.5, 0.6) is 0 Å². The van der Waals surface area contributed by atoms with Crippen molar-refractivity contribution in [3.05, 3.63) is 22.4 Å². The number of hydrogen-bond donors (Lipinski definition) is 0. The highest BCUT2D eigenvalue weighted by Gasteiger charge is 2.18. The van der Waals surface area contributed by atoms with Gasteiger partial charge in [0.05, 0.1) is 7.11 Å². The van der Waals surface area contributed by atoms with Crippen molar-refractivity contribution in [3.63, 3.8) is 0 Å². The summed E-state index contributed by atoms with van der Waals surface area (Å²) in [5.74, 6) is -0.191. The fraction of sp³-hybridized carbons (Fsp3) is 0.500. The Morgan fingerprint density at radius 3 is 2.93 bits per heavy atom. The van der Waals surface area contributed by atoms with E-state index in [1.54, 1.807) is 11.3 Å². The van der Waals surface area contributed by atoms with E-state index in [4.69, 9.17) is 0 Å². The summed E-state index contributed by atoms with van der Waals surface area (Å²) in [6, 6.07) is 3.88. The Labute approximate surface area is 88.3 Å². The second-order valence-electron chi connectivity index (χ2n) is 3.19. The van der Waals surface area contributed by atoms with Crippen LogP contribution < -0.4 is 0 Å². The SMILES string of the molecule is COC(=O)C(C)N(C)Cc1cccs1. The van der Waals surface area contributed by atoms with E-state index in [0.29, 0.717) is 0 Å². The van der Waals surface area contributed by atoms with Crippen molar-refractivity contribution >= 4 is 17.3 Å². The molecule has 78 valence electrons. The number of hydrogen-bond acceptors (Lipinski definition) is 4. The second kappa shape index (κ2) is 5.12. The van der Waals surface area contributed by atoms with Crippen LogP contribution in [0, 0.1) is 0 Å². The quantitative estimate of drug-likeness (QED) is 0.713. The average molecular weight is 213 g/mol. The van der Waals surface area contributed by atoms with Gasteiger partial charge < -0.3 is 4.74 Å². The molecule has 1 aromatic rings. The van der Waals surface area contributed by atoms with Gasteiger partial charge in [-0.15, -0.1) is 11.3 Å².